The summed E-state index contributed by atoms with van der Waals surface area (Å²) in [6, 6.07) is 7.85. The molecule has 1 heterocycles. The van der Waals surface area contributed by atoms with Crippen molar-refractivity contribution >= 4 is 33.3 Å². The Morgan fingerprint density at radius 3 is 2.55 bits per heavy atom. The highest BCUT2D eigenvalue weighted by atomic mass is 32.2. The Morgan fingerprint density at radius 1 is 1.35 bits per heavy atom. The molecule has 5 nitrogen and oxygen atoms in total. The molecular weight excluding hydrogens is 298 g/mol. The maximum atomic E-state index is 12.0. The van der Waals surface area contributed by atoms with Crippen molar-refractivity contribution in [2.45, 2.75) is 16.7 Å². The molecule has 1 aliphatic heterocycles. The molecule has 1 saturated heterocycles. The zero-order valence-electron chi connectivity index (χ0n) is 11.0. The van der Waals surface area contributed by atoms with Crippen LogP contribution >= 0.6 is 11.8 Å². The molecule has 1 aromatic rings. The van der Waals surface area contributed by atoms with Gasteiger partial charge in [0, 0.05) is 0 Å². The third kappa shape index (κ3) is 3.21. The number of ketones is 1. The normalized spacial score (nSPS) is 18.8. The molecule has 20 heavy (non-hydrogen) atoms. The second kappa shape index (κ2) is 5.97. The van der Waals surface area contributed by atoms with Gasteiger partial charge in [0.2, 0.25) is 5.91 Å². The molecule has 1 aliphatic rings. The number of β-lactam (4-membered cyclic amide) rings is 1. The van der Waals surface area contributed by atoms with Crippen LogP contribution in [0.2, 0.25) is 0 Å². The van der Waals surface area contributed by atoms with Gasteiger partial charge in [-0.3, -0.25) is 9.59 Å². The molecule has 0 N–H and O–H groups in total. The number of benzene rings is 1. The van der Waals surface area contributed by atoms with Crippen LogP contribution in [0.15, 0.2) is 35.2 Å². The number of carbonyl (C=O) groups is 2. The van der Waals surface area contributed by atoms with Crippen molar-refractivity contribution in [2.24, 2.45) is 0 Å². The lowest BCUT2D eigenvalue weighted by Gasteiger charge is -2.38. The predicted octanol–water partition coefficient (Wildman–Crippen LogP) is 0.951. The first-order valence-corrected chi connectivity index (χ1v) is 9.00. The molecule has 0 saturated carbocycles. The summed E-state index contributed by atoms with van der Waals surface area (Å²) in [4.78, 5) is 24.8. The van der Waals surface area contributed by atoms with Crippen LogP contribution in [-0.2, 0) is 19.4 Å². The standard InChI is InChI=1S/C13H15NO4S2/c1-19-13-7-12(16)14(13)8-10(15)9-20(17,18)11-5-3-2-4-6-11/h2-6,13H,7-9H2,1H3. The van der Waals surface area contributed by atoms with Crippen LogP contribution in [0.1, 0.15) is 6.42 Å². The zero-order chi connectivity index (χ0) is 14.8. The van der Waals surface area contributed by atoms with Crippen LogP contribution in [0.25, 0.3) is 0 Å². The van der Waals surface area contributed by atoms with Gasteiger partial charge in [-0.1, -0.05) is 18.2 Å². The Labute approximate surface area is 122 Å². The number of sulfone groups is 1. The number of hydrogen-bond acceptors (Lipinski definition) is 5. The molecule has 2 rings (SSSR count). The Bertz CT molecular complexity index is 613. The van der Waals surface area contributed by atoms with Crippen LogP contribution in [0.5, 0.6) is 0 Å². The maximum Gasteiger partial charge on any atom is 0.226 e. The van der Waals surface area contributed by atoms with Crippen LogP contribution in [0.3, 0.4) is 0 Å². The third-order valence-electron chi connectivity index (χ3n) is 3.09. The first kappa shape index (κ1) is 15.1. The average Bonchev–Trinajstić information content (AvgIpc) is 2.42. The number of thioether (sulfide) groups is 1. The number of amides is 1. The fraction of sp³-hybridized carbons (Fsp3) is 0.385. The van der Waals surface area contributed by atoms with Gasteiger partial charge in [-0.15, -0.1) is 11.8 Å². The molecule has 0 aliphatic carbocycles. The monoisotopic (exact) mass is 313 g/mol. The number of likely N-dealkylation sites (tertiary alicyclic amines) is 1. The fourth-order valence-electron chi connectivity index (χ4n) is 1.98. The molecule has 1 fully saturated rings. The Hall–Kier alpha value is -1.34. The SMILES string of the molecule is CSC1CC(=O)N1CC(=O)CS(=O)(=O)c1ccccc1. The summed E-state index contributed by atoms with van der Waals surface area (Å²) >= 11 is 1.48. The van der Waals surface area contributed by atoms with E-state index in [0.29, 0.717) is 6.42 Å². The summed E-state index contributed by atoms with van der Waals surface area (Å²) in [5.74, 6) is -1.13. The lowest BCUT2D eigenvalue weighted by molar-refractivity contribution is -0.144. The molecule has 7 heteroatoms. The summed E-state index contributed by atoms with van der Waals surface area (Å²) in [6.07, 6.45) is 2.27. The van der Waals surface area contributed by atoms with E-state index in [2.05, 4.69) is 0 Å². The molecule has 0 aromatic heterocycles. The molecule has 0 spiro atoms. The summed E-state index contributed by atoms with van der Waals surface area (Å²) in [5.41, 5.74) is 0. The van der Waals surface area contributed by atoms with Crippen molar-refractivity contribution < 1.29 is 18.0 Å². The van der Waals surface area contributed by atoms with Gasteiger partial charge in [-0.2, -0.15) is 0 Å². The van der Waals surface area contributed by atoms with E-state index in [0.717, 1.165) is 0 Å². The van der Waals surface area contributed by atoms with Gasteiger partial charge in [0.1, 0.15) is 5.75 Å². The molecule has 1 amide bonds. The average molecular weight is 313 g/mol. The highest BCUT2D eigenvalue weighted by Gasteiger charge is 2.37. The number of hydrogen-bond donors (Lipinski definition) is 0. The van der Waals surface area contributed by atoms with Gasteiger partial charge < -0.3 is 4.90 Å². The van der Waals surface area contributed by atoms with E-state index in [4.69, 9.17) is 0 Å². The van der Waals surface area contributed by atoms with Gasteiger partial charge in [-0.05, 0) is 18.4 Å². The Morgan fingerprint density at radius 2 is 2.00 bits per heavy atom. The first-order chi connectivity index (χ1) is 9.44. The topological polar surface area (TPSA) is 71.5 Å². The van der Waals surface area contributed by atoms with Crippen molar-refractivity contribution in [3.63, 3.8) is 0 Å². The van der Waals surface area contributed by atoms with Gasteiger partial charge in [0.05, 0.1) is 23.2 Å². The second-order valence-electron chi connectivity index (χ2n) is 4.53. The van der Waals surface area contributed by atoms with Crippen molar-refractivity contribution in [3.05, 3.63) is 30.3 Å². The van der Waals surface area contributed by atoms with Crippen molar-refractivity contribution in [2.75, 3.05) is 18.6 Å². The van der Waals surface area contributed by atoms with Crippen molar-refractivity contribution in [1.29, 1.82) is 0 Å². The van der Waals surface area contributed by atoms with Crippen molar-refractivity contribution in [3.8, 4) is 0 Å². The molecule has 108 valence electrons. The van der Waals surface area contributed by atoms with E-state index in [1.165, 1.54) is 28.8 Å². The predicted molar refractivity (Wildman–Crippen MR) is 77.1 cm³/mol. The Balaban J connectivity index is 2.00. The molecule has 1 unspecified atom stereocenters. The van der Waals surface area contributed by atoms with Crippen LogP contribution < -0.4 is 0 Å². The number of Topliss-reactive ketones (excluding diaryl/α,β-unsaturated/α-hetero) is 1. The maximum absolute atomic E-state index is 12.0. The van der Waals surface area contributed by atoms with Gasteiger partial charge in [0.25, 0.3) is 0 Å². The van der Waals surface area contributed by atoms with Crippen LogP contribution in [-0.4, -0.2) is 48.9 Å². The number of nitrogens with zero attached hydrogens (tertiary/aromatic N) is 1. The van der Waals surface area contributed by atoms with Crippen LogP contribution in [0.4, 0.5) is 0 Å². The first-order valence-electron chi connectivity index (χ1n) is 6.06. The van der Waals surface area contributed by atoms with E-state index in [1.54, 1.807) is 18.2 Å². The van der Waals surface area contributed by atoms with E-state index in [-0.39, 0.29) is 22.7 Å². The quantitative estimate of drug-likeness (QED) is 0.731. The van der Waals surface area contributed by atoms with E-state index in [9.17, 15) is 18.0 Å². The third-order valence-corrected chi connectivity index (χ3v) is 5.75. The highest BCUT2D eigenvalue weighted by molar-refractivity contribution is 7.99. The largest absolute Gasteiger partial charge is 0.323 e. The molecular formula is C13H15NO4S2. The second-order valence-corrected chi connectivity index (χ2v) is 7.53. The highest BCUT2D eigenvalue weighted by Crippen LogP contribution is 2.27. The minimum absolute atomic E-state index is 0.00845. The lowest BCUT2D eigenvalue weighted by atomic mass is 10.2. The van der Waals surface area contributed by atoms with E-state index >= 15 is 0 Å². The van der Waals surface area contributed by atoms with Gasteiger partial charge in [0.15, 0.2) is 15.6 Å². The van der Waals surface area contributed by atoms with Gasteiger partial charge in [-0.25, -0.2) is 8.42 Å². The summed E-state index contributed by atoms with van der Waals surface area (Å²) in [7, 11) is -3.63. The van der Waals surface area contributed by atoms with Gasteiger partial charge >= 0.3 is 0 Å². The lowest BCUT2D eigenvalue weighted by Crippen LogP contribution is -2.53. The molecule has 1 aromatic carbocycles. The minimum Gasteiger partial charge on any atom is -0.323 e. The van der Waals surface area contributed by atoms with Crippen LogP contribution in [0, 0.1) is 0 Å². The smallest absolute Gasteiger partial charge is 0.226 e. The van der Waals surface area contributed by atoms with Crippen molar-refractivity contribution in [1.82, 2.24) is 4.90 Å². The molecule has 0 bridgehead atoms. The summed E-state index contributed by atoms with van der Waals surface area (Å²) in [5, 5.41) is -0.00845. The zero-order valence-corrected chi connectivity index (χ0v) is 12.6. The number of carbonyl (C=O) groups excluding carboxylic acids is 2. The summed E-state index contributed by atoms with van der Waals surface area (Å²) in [6.45, 7) is -0.129. The fourth-order valence-corrected chi connectivity index (χ4v) is 3.99. The minimum atomic E-state index is -3.63. The molecule has 1 atom stereocenters. The Kier molecular flexibility index (Phi) is 4.49. The van der Waals surface area contributed by atoms with E-state index in [1.807, 2.05) is 6.26 Å². The number of rotatable bonds is 6. The van der Waals surface area contributed by atoms with E-state index < -0.39 is 21.4 Å². The summed E-state index contributed by atoms with van der Waals surface area (Å²) < 4.78 is 24.1. The molecule has 0 radical (unpaired) electrons.